The summed E-state index contributed by atoms with van der Waals surface area (Å²) >= 11 is 1.51. The Hall–Kier alpha value is -1.95. The molecule has 0 bridgehead atoms. The van der Waals surface area contributed by atoms with Crippen LogP contribution in [0, 0.1) is 12.7 Å². The number of amides is 1. The Morgan fingerprint density at radius 1 is 1.48 bits per heavy atom. The van der Waals surface area contributed by atoms with E-state index in [2.05, 4.69) is 10.3 Å². The third-order valence-corrected chi connectivity index (χ3v) is 3.95. The van der Waals surface area contributed by atoms with Crippen LogP contribution in [0.2, 0.25) is 0 Å². The minimum Gasteiger partial charge on any atom is -0.481 e. The number of aromatic nitrogens is 1. The van der Waals surface area contributed by atoms with Crippen molar-refractivity contribution in [3.8, 4) is 5.75 Å². The second-order valence-corrected chi connectivity index (χ2v) is 5.46. The van der Waals surface area contributed by atoms with Gasteiger partial charge < -0.3 is 10.1 Å². The Labute approximate surface area is 127 Å². The van der Waals surface area contributed by atoms with Gasteiger partial charge in [0.05, 0.1) is 6.04 Å². The summed E-state index contributed by atoms with van der Waals surface area (Å²) in [6.07, 6.45) is 0.735. The summed E-state index contributed by atoms with van der Waals surface area (Å²) in [5.74, 6) is -0.698. The highest BCUT2D eigenvalue weighted by molar-refractivity contribution is 7.09. The predicted octanol–water partition coefficient (Wildman–Crippen LogP) is 3.24. The van der Waals surface area contributed by atoms with Crippen LogP contribution in [0.25, 0.3) is 0 Å². The number of nitrogens with zero attached hydrogens (tertiary/aromatic N) is 1. The number of hydrogen-bond donors (Lipinski definition) is 1. The lowest BCUT2D eigenvalue weighted by molar-refractivity contribution is -0.123. The zero-order chi connectivity index (χ0) is 15.2. The van der Waals surface area contributed by atoms with Gasteiger partial charge in [0.15, 0.2) is 18.2 Å². The third-order valence-electron chi connectivity index (χ3n) is 2.87. The summed E-state index contributed by atoms with van der Waals surface area (Å²) < 4.78 is 18.6. The molecule has 1 aromatic carbocycles. The number of thiazole rings is 1. The first-order valence-corrected chi connectivity index (χ1v) is 7.56. The second kappa shape index (κ2) is 7.17. The van der Waals surface area contributed by atoms with E-state index in [-0.39, 0.29) is 24.3 Å². The molecule has 0 radical (unpaired) electrons. The van der Waals surface area contributed by atoms with E-state index >= 15 is 0 Å². The van der Waals surface area contributed by atoms with Gasteiger partial charge in [-0.2, -0.15) is 0 Å². The van der Waals surface area contributed by atoms with E-state index in [0.717, 1.165) is 17.1 Å². The molecule has 0 spiro atoms. The third kappa shape index (κ3) is 4.26. The molecule has 1 N–H and O–H groups in total. The molecule has 0 aliphatic heterocycles. The SMILES string of the molecule is CC[C@H](NC(=O)COc1ccccc1F)c1nc(C)cs1. The number of aryl methyl sites for hydroxylation is 1. The molecule has 2 aromatic rings. The van der Waals surface area contributed by atoms with Gasteiger partial charge in [-0.15, -0.1) is 11.3 Å². The van der Waals surface area contributed by atoms with Crippen molar-refractivity contribution in [1.82, 2.24) is 10.3 Å². The Balaban J connectivity index is 1.90. The highest BCUT2D eigenvalue weighted by Gasteiger charge is 2.16. The fraction of sp³-hybridized carbons (Fsp3) is 0.333. The van der Waals surface area contributed by atoms with Crippen LogP contribution in [0.5, 0.6) is 5.75 Å². The van der Waals surface area contributed by atoms with Crippen LogP contribution >= 0.6 is 11.3 Å². The van der Waals surface area contributed by atoms with E-state index in [0.29, 0.717) is 0 Å². The minimum atomic E-state index is -0.479. The number of carbonyl (C=O) groups excluding carboxylic acids is 1. The van der Waals surface area contributed by atoms with Crippen LogP contribution in [0.15, 0.2) is 29.6 Å². The van der Waals surface area contributed by atoms with Crippen molar-refractivity contribution in [2.24, 2.45) is 0 Å². The van der Waals surface area contributed by atoms with Gasteiger partial charge in [0.25, 0.3) is 5.91 Å². The molecule has 0 unspecified atom stereocenters. The van der Waals surface area contributed by atoms with Crippen molar-refractivity contribution in [1.29, 1.82) is 0 Å². The Morgan fingerprint density at radius 2 is 2.24 bits per heavy atom. The quantitative estimate of drug-likeness (QED) is 0.891. The first kappa shape index (κ1) is 15.4. The lowest BCUT2D eigenvalue weighted by Gasteiger charge is -2.15. The van der Waals surface area contributed by atoms with Crippen LogP contribution in [-0.4, -0.2) is 17.5 Å². The Kier molecular flexibility index (Phi) is 5.27. The summed E-state index contributed by atoms with van der Waals surface area (Å²) in [7, 11) is 0. The van der Waals surface area contributed by atoms with Crippen LogP contribution < -0.4 is 10.1 Å². The van der Waals surface area contributed by atoms with Crippen LogP contribution in [0.4, 0.5) is 4.39 Å². The van der Waals surface area contributed by atoms with Crippen LogP contribution in [0.3, 0.4) is 0 Å². The van der Waals surface area contributed by atoms with Crippen molar-refractivity contribution in [2.75, 3.05) is 6.61 Å². The lowest BCUT2D eigenvalue weighted by Crippen LogP contribution is -2.32. The molecule has 112 valence electrons. The molecule has 1 heterocycles. The highest BCUT2D eigenvalue weighted by atomic mass is 32.1. The van der Waals surface area contributed by atoms with Crippen LogP contribution in [-0.2, 0) is 4.79 Å². The molecule has 0 saturated heterocycles. The fourth-order valence-corrected chi connectivity index (χ4v) is 2.74. The maximum atomic E-state index is 13.4. The van der Waals surface area contributed by atoms with Gasteiger partial charge >= 0.3 is 0 Å². The zero-order valence-electron chi connectivity index (χ0n) is 11.9. The molecule has 0 aliphatic rings. The molecular weight excluding hydrogens is 291 g/mol. The van der Waals surface area contributed by atoms with Crippen LogP contribution in [0.1, 0.15) is 30.1 Å². The molecule has 2 rings (SSSR count). The average Bonchev–Trinajstić information content (AvgIpc) is 2.90. The molecule has 21 heavy (non-hydrogen) atoms. The van der Waals surface area contributed by atoms with E-state index in [4.69, 9.17) is 4.74 Å². The van der Waals surface area contributed by atoms with Crippen molar-refractivity contribution in [3.05, 3.63) is 46.2 Å². The smallest absolute Gasteiger partial charge is 0.258 e. The molecule has 0 aliphatic carbocycles. The maximum Gasteiger partial charge on any atom is 0.258 e. The number of hydrogen-bond acceptors (Lipinski definition) is 4. The molecule has 1 atom stereocenters. The van der Waals surface area contributed by atoms with E-state index in [1.807, 2.05) is 19.2 Å². The zero-order valence-corrected chi connectivity index (χ0v) is 12.7. The summed E-state index contributed by atoms with van der Waals surface area (Å²) in [6.45, 7) is 3.66. The first-order valence-electron chi connectivity index (χ1n) is 6.69. The van der Waals surface area contributed by atoms with Crippen molar-refractivity contribution in [3.63, 3.8) is 0 Å². The summed E-state index contributed by atoms with van der Waals surface area (Å²) in [5, 5.41) is 5.66. The van der Waals surface area contributed by atoms with Gasteiger partial charge in [0.1, 0.15) is 5.01 Å². The first-order chi connectivity index (χ1) is 10.1. The van der Waals surface area contributed by atoms with Gasteiger partial charge in [0.2, 0.25) is 0 Å². The van der Waals surface area contributed by atoms with Crippen molar-refractivity contribution < 1.29 is 13.9 Å². The molecule has 0 saturated carbocycles. The number of nitrogens with one attached hydrogen (secondary N) is 1. The van der Waals surface area contributed by atoms with Gasteiger partial charge in [-0.05, 0) is 25.5 Å². The Morgan fingerprint density at radius 3 is 2.86 bits per heavy atom. The van der Waals surface area contributed by atoms with Crippen molar-refractivity contribution >= 4 is 17.2 Å². The lowest BCUT2D eigenvalue weighted by atomic mass is 10.2. The molecule has 1 amide bonds. The normalized spacial score (nSPS) is 12.0. The van der Waals surface area contributed by atoms with E-state index in [1.165, 1.54) is 23.5 Å². The van der Waals surface area contributed by atoms with E-state index < -0.39 is 5.82 Å². The molecule has 0 fully saturated rings. The number of halogens is 1. The number of para-hydroxylation sites is 1. The number of benzene rings is 1. The average molecular weight is 308 g/mol. The number of ether oxygens (including phenoxy) is 1. The topological polar surface area (TPSA) is 51.2 Å². The monoisotopic (exact) mass is 308 g/mol. The van der Waals surface area contributed by atoms with Gasteiger partial charge in [-0.1, -0.05) is 19.1 Å². The summed E-state index contributed by atoms with van der Waals surface area (Å²) in [6, 6.07) is 5.87. The largest absolute Gasteiger partial charge is 0.481 e. The summed E-state index contributed by atoms with van der Waals surface area (Å²) in [5.41, 5.74) is 0.935. The van der Waals surface area contributed by atoms with Crippen molar-refractivity contribution in [2.45, 2.75) is 26.3 Å². The standard InChI is InChI=1S/C15H17FN2O2S/c1-3-12(15-17-10(2)9-21-15)18-14(19)8-20-13-7-5-4-6-11(13)16/h4-7,9,12H,3,8H2,1-2H3,(H,18,19)/t12-/m0/s1. The fourth-order valence-electron chi connectivity index (χ4n) is 1.81. The summed E-state index contributed by atoms with van der Waals surface area (Å²) in [4.78, 5) is 16.3. The molecule has 4 nitrogen and oxygen atoms in total. The van der Waals surface area contributed by atoms with E-state index in [9.17, 15) is 9.18 Å². The molecular formula is C15H17FN2O2S. The Bertz CT molecular complexity index is 615. The van der Waals surface area contributed by atoms with Gasteiger partial charge in [0, 0.05) is 11.1 Å². The number of rotatable bonds is 6. The van der Waals surface area contributed by atoms with Gasteiger partial charge in [-0.3, -0.25) is 4.79 Å². The predicted molar refractivity (Wildman–Crippen MR) is 79.9 cm³/mol. The van der Waals surface area contributed by atoms with Gasteiger partial charge in [-0.25, -0.2) is 9.37 Å². The second-order valence-electron chi connectivity index (χ2n) is 4.57. The maximum absolute atomic E-state index is 13.4. The van der Waals surface area contributed by atoms with E-state index in [1.54, 1.807) is 12.1 Å². The highest BCUT2D eigenvalue weighted by Crippen LogP contribution is 2.21. The molecule has 1 aromatic heterocycles. The number of carbonyl (C=O) groups is 1. The minimum absolute atomic E-state index is 0.0748. The molecule has 6 heteroatoms.